The minimum absolute atomic E-state index is 0.0109. The summed E-state index contributed by atoms with van der Waals surface area (Å²) in [5, 5.41) is 3.37. The molecule has 0 saturated carbocycles. The van der Waals surface area contributed by atoms with Crippen LogP contribution in [-0.4, -0.2) is 51.3 Å². The van der Waals surface area contributed by atoms with Gasteiger partial charge in [-0.15, -0.1) is 0 Å². The summed E-state index contributed by atoms with van der Waals surface area (Å²) < 4.78 is 29.5. The maximum absolute atomic E-state index is 12.7. The third-order valence-corrected chi connectivity index (χ3v) is 6.74. The number of piperidine rings is 1. The molecule has 0 radical (unpaired) electrons. The summed E-state index contributed by atoms with van der Waals surface area (Å²) in [5.74, 6) is 0.702. The van der Waals surface area contributed by atoms with Crippen molar-refractivity contribution in [1.82, 2.24) is 10.2 Å². The van der Waals surface area contributed by atoms with Gasteiger partial charge in [-0.05, 0) is 85.6 Å². The Bertz CT molecular complexity index is 1020. The highest BCUT2D eigenvalue weighted by Crippen LogP contribution is 2.43. The van der Waals surface area contributed by atoms with E-state index in [4.69, 9.17) is 4.74 Å². The Morgan fingerprint density at radius 3 is 2.42 bits per heavy atom. The normalized spacial score (nSPS) is 18.0. The van der Waals surface area contributed by atoms with E-state index in [1.807, 2.05) is 38.1 Å². The predicted molar refractivity (Wildman–Crippen MR) is 120 cm³/mol. The van der Waals surface area contributed by atoms with Gasteiger partial charge in [-0.1, -0.05) is 12.1 Å². The lowest BCUT2D eigenvalue weighted by atomic mass is 9.83. The summed E-state index contributed by atoms with van der Waals surface area (Å²) in [5.41, 5.74) is 2.87. The lowest BCUT2D eigenvalue weighted by Crippen LogP contribution is -2.46. The van der Waals surface area contributed by atoms with E-state index in [0.717, 1.165) is 42.6 Å². The zero-order chi connectivity index (χ0) is 22.0. The van der Waals surface area contributed by atoms with E-state index in [0.29, 0.717) is 24.4 Å². The maximum atomic E-state index is 12.7. The van der Waals surface area contributed by atoms with Gasteiger partial charge in [-0.2, -0.15) is 0 Å². The van der Waals surface area contributed by atoms with Crippen LogP contribution in [0, 0.1) is 0 Å². The summed E-state index contributed by atoms with van der Waals surface area (Å²) in [6.07, 6.45) is 3.81. The van der Waals surface area contributed by atoms with Gasteiger partial charge in [0.05, 0.1) is 0 Å². The van der Waals surface area contributed by atoms with Crippen LogP contribution in [-0.2, 0) is 11.1 Å². The third kappa shape index (κ3) is 4.31. The van der Waals surface area contributed by atoms with Gasteiger partial charge in [0.25, 0.3) is 5.91 Å². The molecule has 2 aromatic rings. The van der Waals surface area contributed by atoms with E-state index in [1.165, 1.54) is 0 Å². The Balaban J connectivity index is 1.76. The lowest BCUT2D eigenvalue weighted by molar-refractivity contribution is 0.0772. The number of benzene rings is 2. The number of carbonyl (C=O) groups excluding carboxylic acids is 1. The van der Waals surface area contributed by atoms with E-state index in [-0.39, 0.29) is 10.8 Å². The first-order chi connectivity index (χ1) is 15.0. The van der Waals surface area contributed by atoms with Gasteiger partial charge < -0.3 is 19.5 Å². The second-order valence-electron chi connectivity index (χ2n) is 7.92. The number of fused-ring (bicyclic) bond motifs is 1. The molecule has 1 N–H and O–H groups in total. The average Bonchev–Trinajstić information content (AvgIpc) is 2.79. The van der Waals surface area contributed by atoms with Gasteiger partial charge >= 0.3 is 0 Å². The molecule has 0 bridgehead atoms. The number of hydrogen-bond donors (Lipinski definition) is 1. The zero-order valence-electron chi connectivity index (χ0n) is 17.8. The molecular formula is C24H27N2O4S-. The van der Waals surface area contributed by atoms with Crippen molar-refractivity contribution in [2.45, 2.75) is 37.2 Å². The number of nitrogens with one attached hydrogen (secondary N) is 1. The molecule has 2 heterocycles. The van der Waals surface area contributed by atoms with Gasteiger partial charge in [0.1, 0.15) is 11.4 Å². The molecule has 1 unspecified atom stereocenters. The zero-order valence-corrected chi connectivity index (χ0v) is 18.7. The fourth-order valence-electron chi connectivity index (χ4n) is 4.32. The van der Waals surface area contributed by atoms with Crippen LogP contribution in [0.5, 0.6) is 5.75 Å². The van der Waals surface area contributed by atoms with Gasteiger partial charge in [0, 0.05) is 42.0 Å². The van der Waals surface area contributed by atoms with Crippen LogP contribution in [0.15, 0.2) is 53.4 Å². The molecule has 164 valence electrons. The van der Waals surface area contributed by atoms with Gasteiger partial charge in [0.15, 0.2) is 0 Å². The summed E-state index contributed by atoms with van der Waals surface area (Å²) in [6, 6.07) is 12.5. The Labute approximate surface area is 185 Å². The molecule has 1 spiro atoms. The Morgan fingerprint density at radius 1 is 1.13 bits per heavy atom. The van der Waals surface area contributed by atoms with Crippen molar-refractivity contribution >= 4 is 22.6 Å². The second-order valence-corrected chi connectivity index (χ2v) is 8.86. The molecule has 0 aromatic heterocycles. The average molecular weight is 440 g/mol. The molecule has 2 aliphatic heterocycles. The molecule has 0 aliphatic carbocycles. The van der Waals surface area contributed by atoms with Gasteiger partial charge in [-0.3, -0.25) is 9.00 Å². The molecule has 2 aliphatic rings. The van der Waals surface area contributed by atoms with Crippen LogP contribution in [0.25, 0.3) is 5.57 Å². The SMILES string of the molecule is CCN(CC)C(=O)c1ccc(C2=CC3(CCNCC3)Oc3ccc(S(=O)[O-])cc32)cc1. The monoisotopic (exact) mass is 439 g/mol. The van der Waals surface area contributed by atoms with E-state index in [2.05, 4.69) is 11.4 Å². The number of rotatable bonds is 5. The number of nitrogens with zero attached hydrogens (tertiary/aromatic N) is 1. The van der Waals surface area contributed by atoms with Crippen molar-refractivity contribution in [1.29, 1.82) is 0 Å². The smallest absolute Gasteiger partial charge is 0.253 e. The Morgan fingerprint density at radius 2 is 1.81 bits per heavy atom. The quantitative estimate of drug-likeness (QED) is 0.723. The molecule has 1 fully saturated rings. The van der Waals surface area contributed by atoms with Crippen LogP contribution in [0.2, 0.25) is 0 Å². The van der Waals surface area contributed by atoms with Crippen molar-refractivity contribution in [2.24, 2.45) is 0 Å². The fraction of sp³-hybridized carbons (Fsp3) is 0.375. The summed E-state index contributed by atoms with van der Waals surface area (Å²) >= 11 is -2.32. The molecule has 1 amide bonds. The minimum atomic E-state index is -2.32. The Kier molecular flexibility index (Phi) is 6.27. The molecular weight excluding hydrogens is 412 g/mol. The first-order valence-corrected chi connectivity index (χ1v) is 11.8. The highest BCUT2D eigenvalue weighted by atomic mass is 32.2. The van der Waals surface area contributed by atoms with Crippen molar-refractivity contribution in [3.63, 3.8) is 0 Å². The summed E-state index contributed by atoms with van der Waals surface area (Å²) in [7, 11) is 0. The highest BCUT2D eigenvalue weighted by Gasteiger charge is 2.37. The lowest BCUT2D eigenvalue weighted by Gasteiger charge is -2.40. The minimum Gasteiger partial charge on any atom is -0.768 e. The molecule has 1 atom stereocenters. The van der Waals surface area contributed by atoms with Crippen LogP contribution in [0.4, 0.5) is 0 Å². The summed E-state index contributed by atoms with van der Waals surface area (Å²) in [6.45, 7) is 6.99. The number of hydrogen-bond acceptors (Lipinski definition) is 5. The molecule has 4 rings (SSSR count). The standard InChI is InChI=1S/C24H28N2O4S/c1-3-26(4-2)23(27)18-7-5-17(6-8-18)21-16-24(11-13-25-14-12-24)30-22-10-9-19(31(28)29)15-20(21)22/h5-10,15-16,25H,3-4,11-14H2,1-2H3,(H,28,29)/p-1. The van der Waals surface area contributed by atoms with E-state index < -0.39 is 16.7 Å². The molecule has 2 aromatic carbocycles. The van der Waals surface area contributed by atoms with Gasteiger partial charge in [-0.25, -0.2) is 0 Å². The van der Waals surface area contributed by atoms with Crippen molar-refractivity contribution in [2.75, 3.05) is 26.2 Å². The van der Waals surface area contributed by atoms with Crippen LogP contribution >= 0.6 is 0 Å². The van der Waals surface area contributed by atoms with Crippen molar-refractivity contribution in [3.8, 4) is 5.75 Å². The van der Waals surface area contributed by atoms with E-state index in [9.17, 15) is 13.6 Å². The van der Waals surface area contributed by atoms with E-state index >= 15 is 0 Å². The van der Waals surface area contributed by atoms with Crippen LogP contribution in [0.1, 0.15) is 48.2 Å². The molecule has 6 nitrogen and oxygen atoms in total. The first kappa shape index (κ1) is 21.7. The maximum Gasteiger partial charge on any atom is 0.253 e. The highest BCUT2D eigenvalue weighted by molar-refractivity contribution is 7.79. The largest absolute Gasteiger partial charge is 0.768 e. The summed E-state index contributed by atoms with van der Waals surface area (Å²) in [4.78, 5) is 14.7. The number of amides is 1. The molecule has 1 saturated heterocycles. The van der Waals surface area contributed by atoms with Crippen molar-refractivity contribution < 1.29 is 18.3 Å². The van der Waals surface area contributed by atoms with Gasteiger partial charge in [0.2, 0.25) is 0 Å². The van der Waals surface area contributed by atoms with E-state index in [1.54, 1.807) is 23.1 Å². The molecule has 7 heteroatoms. The molecule has 31 heavy (non-hydrogen) atoms. The van der Waals surface area contributed by atoms with Crippen LogP contribution < -0.4 is 10.1 Å². The number of ether oxygens (including phenoxy) is 1. The predicted octanol–water partition coefficient (Wildman–Crippen LogP) is 3.35. The fourth-order valence-corrected chi connectivity index (χ4v) is 4.72. The topological polar surface area (TPSA) is 81.7 Å². The van der Waals surface area contributed by atoms with Crippen LogP contribution in [0.3, 0.4) is 0 Å². The second kappa shape index (κ2) is 8.94. The third-order valence-electron chi connectivity index (χ3n) is 6.10. The first-order valence-electron chi connectivity index (χ1n) is 10.7. The number of carbonyl (C=O) groups is 1. The Hall–Kier alpha value is -2.48. The van der Waals surface area contributed by atoms with Crippen molar-refractivity contribution in [3.05, 3.63) is 65.2 Å².